The molecule has 1 N–H and O–H groups in total. The van der Waals surface area contributed by atoms with E-state index in [0.29, 0.717) is 3.79 Å². The third-order valence-electron chi connectivity index (χ3n) is 2.41. The maximum absolute atomic E-state index is 13.0. The molecule has 0 saturated heterocycles. The largest absolute Gasteiger partial charge is 0.480 e. The van der Waals surface area contributed by atoms with Gasteiger partial charge in [-0.05, 0) is 32.9 Å². The number of carboxylic acid groups (broad SMARTS) is 1. The van der Waals surface area contributed by atoms with E-state index in [1.165, 1.54) is 22.8 Å². The fraction of sp³-hybridized carbons (Fsp3) is 0.375. The van der Waals surface area contributed by atoms with Crippen molar-refractivity contribution >= 4 is 33.2 Å². The van der Waals surface area contributed by atoms with Crippen LogP contribution in [0, 0.1) is 0 Å². The Balaban J connectivity index is 2.46. The molecule has 1 saturated carbocycles. The van der Waals surface area contributed by atoms with Crippen LogP contribution in [-0.2, 0) is 10.2 Å². The van der Waals surface area contributed by atoms with Gasteiger partial charge in [0.15, 0.2) is 5.41 Å². The molecule has 1 fully saturated rings. The van der Waals surface area contributed by atoms with Gasteiger partial charge in [-0.15, -0.1) is 11.3 Å². The number of carboxylic acids is 1. The Morgan fingerprint density at radius 1 is 1.64 bits per heavy atom. The highest BCUT2D eigenvalue weighted by atomic mass is 79.9. The highest BCUT2D eigenvalue weighted by Crippen LogP contribution is 2.62. The van der Waals surface area contributed by atoms with Crippen molar-refractivity contribution < 1.29 is 18.7 Å². The molecule has 1 aromatic heterocycles. The number of aliphatic carboxylic acids is 1. The number of rotatable bonds is 2. The molecule has 1 heterocycles. The monoisotopic (exact) mass is 282 g/mol. The van der Waals surface area contributed by atoms with Gasteiger partial charge < -0.3 is 5.11 Å². The standard InChI is InChI=1S/C8H5BrF2O2S/c9-5-1-4(2-14-5)7(6(12)13)3-8(7,10)11/h1-2H,3H2,(H,12,13). The first-order chi connectivity index (χ1) is 6.40. The molecular formula is C8H5BrF2O2S. The summed E-state index contributed by atoms with van der Waals surface area (Å²) >= 11 is 4.33. The summed E-state index contributed by atoms with van der Waals surface area (Å²) in [4.78, 5) is 10.8. The molecule has 6 heteroatoms. The van der Waals surface area contributed by atoms with Gasteiger partial charge in [-0.1, -0.05) is 0 Å². The Labute approximate surface area is 90.7 Å². The Bertz CT molecular complexity index is 404. The molecule has 1 atom stereocenters. The Morgan fingerprint density at radius 3 is 2.50 bits per heavy atom. The molecule has 0 amide bonds. The van der Waals surface area contributed by atoms with Gasteiger partial charge in [0, 0.05) is 6.42 Å². The van der Waals surface area contributed by atoms with Gasteiger partial charge in [0.2, 0.25) is 0 Å². The van der Waals surface area contributed by atoms with Crippen LogP contribution in [-0.4, -0.2) is 17.0 Å². The lowest BCUT2D eigenvalue weighted by Gasteiger charge is -2.08. The van der Waals surface area contributed by atoms with Crippen LogP contribution in [0.15, 0.2) is 15.2 Å². The van der Waals surface area contributed by atoms with E-state index in [1.807, 2.05) is 0 Å². The van der Waals surface area contributed by atoms with E-state index >= 15 is 0 Å². The van der Waals surface area contributed by atoms with Crippen LogP contribution >= 0.6 is 27.3 Å². The van der Waals surface area contributed by atoms with Gasteiger partial charge in [-0.3, -0.25) is 4.79 Å². The van der Waals surface area contributed by atoms with Crippen molar-refractivity contribution in [1.82, 2.24) is 0 Å². The Morgan fingerprint density at radius 2 is 2.21 bits per heavy atom. The van der Waals surface area contributed by atoms with E-state index < -0.39 is 23.7 Å². The minimum atomic E-state index is -3.11. The van der Waals surface area contributed by atoms with Crippen molar-refractivity contribution in [2.24, 2.45) is 0 Å². The van der Waals surface area contributed by atoms with Crippen molar-refractivity contribution in [3.63, 3.8) is 0 Å². The normalized spacial score (nSPS) is 28.8. The molecular weight excluding hydrogens is 278 g/mol. The van der Waals surface area contributed by atoms with Gasteiger partial charge in [0.05, 0.1) is 3.79 Å². The van der Waals surface area contributed by atoms with Gasteiger partial charge >= 0.3 is 5.97 Å². The minimum Gasteiger partial charge on any atom is -0.480 e. The fourth-order valence-corrected chi connectivity index (χ4v) is 2.72. The smallest absolute Gasteiger partial charge is 0.320 e. The average molecular weight is 283 g/mol. The van der Waals surface area contributed by atoms with Crippen molar-refractivity contribution in [3.05, 3.63) is 20.8 Å². The second kappa shape index (κ2) is 2.76. The van der Waals surface area contributed by atoms with Gasteiger partial charge in [0.25, 0.3) is 5.92 Å². The molecule has 14 heavy (non-hydrogen) atoms. The van der Waals surface area contributed by atoms with Gasteiger partial charge in [-0.25, -0.2) is 8.78 Å². The summed E-state index contributed by atoms with van der Waals surface area (Å²) < 4.78 is 26.7. The molecule has 1 aliphatic carbocycles. The summed E-state index contributed by atoms with van der Waals surface area (Å²) in [6.45, 7) is 0. The van der Waals surface area contributed by atoms with Crippen LogP contribution in [0.1, 0.15) is 12.0 Å². The second-order valence-electron chi connectivity index (χ2n) is 3.23. The molecule has 2 rings (SSSR count). The zero-order chi connectivity index (χ0) is 10.6. The summed E-state index contributed by atoms with van der Waals surface area (Å²) in [5.41, 5.74) is -1.79. The second-order valence-corrected chi connectivity index (χ2v) is 5.52. The molecule has 0 bridgehead atoms. The molecule has 1 aromatic rings. The van der Waals surface area contributed by atoms with Crippen LogP contribution in [0.25, 0.3) is 0 Å². The van der Waals surface area contributed by atoms with E-state index in [2.05, 4.69) is 15.9 Å². The first-order valence-electron chi connectivity index (χ1n) is 3.76. The van der Waals surface area contributed by atoms with Gasteiger partial charge in [-0.2, -0.15) is 0 Å². The SMILES string of the molecule is O=C(O)C1(c2csc(Br)c2)CC1(F)F. The number of halogens is 3. The van der Waals surface area contributed by atoms with E-state index in [0.717, 1.165) is 0 Å². The van der Waals surface area contributed by atoms with E-state index in [1.54, 1.807) is 0 Å². The number of thiophene rings is 1. The van der Waals surface area contributed by atoms with Crippen molar-refractivity contribution in [2.45, 2.75) is 17.8 Å². The quantitative estimate of drug-likeness (QED) is 0.906. The molecule has 0 aliphatic heterocycles. The Hall–Kier alpha value is -0.490. The minimum absolute atomic E-state index is 0.187. The lowest BCUT2D eigenvalue weighted by atomic mass is 9.99. The molecule has 1 aliphatic rings. The summed E-state index contributed by atoms with van der Waals surface area (Å²) in [6.07, 6.45) is -0.599. The lowest BCUT2D eigenvalue weighted by molar-refractivity contribution is -0.142. The molecule has 0 aromatic carbocycles. The van der Waals surface area contributed by atoms with Crippen LogP contribution < -0.4 is 0 Å². The summed E-state index contributed by atoms with van der Waals surface area (Å²) in [5.74, 6) is -4.56. The number of alkyl halides is 2. The predicted molar refractivity (Wildman–Crippen MR) is 50.9 cm³/mol. The predicted octanol–water partition coefficient (Wildman–Crippen LogP) is 2.87. The van der Waals surface area contributed by atoms with Crippen molar-refractivity contribution in [3.8, 4) is 0 Å². The van der Waals surface area contributed by atoms with E-state index in [-0.39, 0.29) is 5.56 Å². The van der Waals surface area contributed by atoms with E-state index in [9.17, 15) is 13.6 Å². The summed E-state index contributed by atoms with van der Waals surface area (Å²) in [5, 5.41) is 10.3. The van der Waals surface area contributed by atoms with Crippen molar-refractivity contribution in [2.75, 3.05) is 0 Å². The van der Waals surface area contributed by atoms with Crippen molar-refractivity contribution in [1.29, 1.82) is 0 Å². The maximum Gasteiger partial charge on any atom is 0.320 e. The third-order valence-corrected chi connectivity index (χ3v) is 3.92. The molecule has 0 spiro atoms. The molecule has 1 unspecified atom stereocenters. The lowest BCUT2D eigenvalue weighted by Crippen LogP contribution is -2.26. The van der Waals surface area contributed by atoms with Gasteiger partial charge in [0.1, 0.15) is 0 Å². The summed E-state index contributed by atoms with van der Waals surface area (Å²) in [7, 11) is 0. The Kier molecular flexibility index (Phi) is 1.98. The topological polar surface area (TPSA) is 37.3 Å². The number of hydrogen-bond acceptors (Lipinski definition) is 2. The summed E-state index contributed by atoms with van der Waals surface area (Å²) in [6, 6.07) is 1.44. The third kappa shape index (κ3) is 1.13. The highest BCUT2D eigenvalue weighted by molar-refractivity contribution is 9.11. The van der Waals surface area contributed by atoms with Crippen LogP contribution in [0.5, 0.6) is 0 Å². The zero-order valence-corrected chi connectivity index (χ0v) is 9.16. The average Bonchev–Trinajstić information content (AvgIpc) is 2.44. The van der Waals surface area contributed by atoms with E-state index in [4.69, 9.17) is 5.11 Å². The van der Waals surface area contributed by atoms with Crippen LogP contribution in [0.4, 0.5) is 8.78 Å². The maximum atomic E-state index is 13.0. The first kappa shape index (κ1) is 10.0. The molecule has 0 radical (unpaired) electrons. The highest BCUT2D eigenvalue weighted by Gasteiger charge is 2.77. The zero-order valence-electron chi connectivity index (χ0n) is 6.76. The first-order valence-corrected chi connectivity index (χ1v) is 5.43. The molecule has 76 valence electrons. The number of carbonyl (C=O) groups is 1. The number of hydrogen-bond donors (Lipinski definition) is 1. The van der Waals surface area contributed by atoms with Crippen LogP contribution in [0.2, 0.25) is 0 Å². The molecule has 2 nitrogen and oxygen atoms in total. The fourth-order valence-electron chi connectivity index (χ4n) is 1.49. The van der Waals surface area contributed by atoms with Crippen LogP contribution in [0.3, 0.4) is 0 Å².